The van der Waals surface area contributed by atoms with Crippen LogP contribution in [0.5, 0.6) is 23.0 Å². The monoisotopic (exact) mass is 1100 g/mol. The van der Waals surface area contributed by atoms with E-state index in [2.05, 4.69) is 50.7 Å². The Morgan fingerprint density at radius 1 is 0.636 bits per heavy atom. The summed E-state index contributed by atoms with van der Waals surface area (Å²) in [5.41, 5.74) is 7.38. The summed E-state index contributed by atoms with van der Waals surface area (Å²) < 4.78 is 120. The molecule has 22 nitrogen and oxygen atoms in total. The molecule has 26 heteroatoms. The van der Waals surface area contributed by atoms with Crippen molar-refractivity contribution >= 4 is 37.4 Å². The van der Waals surface area contributed by atoms with Gasteiger partial charge >= 0.3 is 0 Å². The number of aryl methyl sites for hydroxylation is 2. The van der Waals surface area contributed by atoms with Crippen molar-refractivity contribution in [3.8, 4) is 40.1 Å². The average Bonchev–Trinajstić information content (AvgIpc) is 3.84. The number of halogens is 2. The third kappa shape index (κ3) is 14.2. The van der Waals surface area contributed by atoms with E-state index in [4.69, 9.17) is 28.4 Å². The summed E-state index contributed by atoms with van der Waals surface area (Å²) in [4.78, 5) is 29.5. The molecule has 3 N–H and O–H groups in total. The fourth-order valence-electron chi connectivity index (χ4n) is 7.48. The van der Waals surface area contributed by atoms with Crippen LogP contribution in [0.15, 0.2) is 114 Å². The molecule has 0 aliphatic carbocycles. The number of sulfone groups is 1. The highest BCUT2D eigenvalue weighted by molar-refractivity contribution is 7.91. The number of para-hydroxylation sites is 2. The number of rotatable bonds is 19. The molecule has 0 aliphatic rings. The Hall–Kier alpha value is -8.20. The highest BCUT2D eigenvalue weighted by Gasteiger charge is 2.36. The molecule has 408 valence electrons. The van der Waals surface area contributed by atoms with E-state index < -0.39 is 71.8 Å². The zero-order valence-electron chi connectivity index (χ0n) is 43.5. The minimum absolute atomic E-state index is 0.0103. The number of hydrogen-bond donors (Lipinski definition) is 3. The molecule has 0 radical (unpaired) electrons. The van der Waals surface area contributed by atoms with Crippen LogP contribution in [0.1, 0.15) is 65.0 Å². The Morgan fingerprint density at radius 3 is 1.61 bits per heavy atom. The smallest absolute Gasteiger partial charge is 0.269 e. The van der Waals surface area contributed by atoms with Crippen LogP contribution in [-0.2, 0) is 35.1 Å². The van der Waals surface area contributed by atoms with Crippen LogP contribution in [0.4, 0.5) is 14.5 Å². The Bertz CT molecular complexity index is 3370. The summed E-state index contributed by atoms with van der Waals surface area (Å²) >= 11 is 0. The van der Waals surface area contributed by atoms with E-state index in [1.807, 2.05) is 6.92 Å². The summed E-state index contributed by atoms with van der Waals surface area (Å²) in [5.74, 6) is -0.683. The highest BCUT2D eigenvalue weighted by Crippen LogP contribution is 2.38. The molecular formula is C51H57F2N11O11S2. The maximum absolute atomic E-state index is 14.1. The van der Waals surface area contributed by atoms with Gasteiger partial charge in [0, 0.05) is 50.1 Å². The van der Waals surface area contributed by atoms with Crippen molar-refractivity contribution in [1.82, 2.24) is 45.6 Å². The second-order valence-corrected chi connectivity index (χ2v) is 21.1. The van der Waals surface area contributed by atoms with Crippen molar-refractivity contribution < 1.29 is 58.8 Å². The molecule has 77 heavy (non-hydrogen) atoms. The van der Waals surface area contributed by atoms with Gasteiger partial charge in [-0.1, -0.05) is 30.3 Å². The largest absolute Gasteiger partial charge is 0.494 e. The maximum Gasteiger partial charge on any atom is 0.269 e. The van der Waals surface area contributed by atoms with Gasteiger partial charge in [0.25, 0.3) is 15.9 Å². The van der Waals surface area contributed by atoms with Gasteiger partial charge in [-0.05, 0) is 93.4 Å². The number of nitrogens with zero attached hydrogens (tertiary/aromatic N) is 8. The number of guanidine groups is 1. The van der Waals surface area contributed by atoms with Crippen LogP contribution < -0.4 is 35.1 Å². The fraction of sp³-hybridized carbons (Fsp3) is 0.294. The topological polar surface area (TPSA) is 271 Å². The molecule has 0 aliphatic heterocycles. The number of nitrogens with one attached hydrogen (secondary N) is 3. The number of benzene rings is 4. The first-order valence-electron chi connectivity index (χ1n) is 23.2. The first-order chi connectivity index (χ1) is 36.8. The van der Waals surface area contributed by atoms with Gasteiger partial charge in [-0.25, -0.2) is 45.6 Å². The normalized spacial score (nSPS) is 13.2. The van der Waals surface area contributed by atoms with E-state index in [-0.39, 0.29) is 34.5 Å². The van der Waals surface area contributed by atoms with Gasteiger partial charge < -0.3 is 33.7 Å². The summed E-state index contributed by atoms with van der Waals surface area (Å²) in [6, 6.07) is 20.8. The number of sulfonamides is 1. The minimum Gasteiger partial charge on any atom is -0.494 e. The Kier molecular flexibility index (Phi) is 19.6. The molecule has 0 spiro atoms. The highest BCUT2D eigenvalue weighted by atomic mass is 32.2. The van der Waals surface area contributed by atoms with Crippen molar-refractivity contribution in [2.45, 2.75) is 56.2 Å². The van der Waals surface area contributed by atoms with E-state index in [0.717, 1.165) is 17.2 Å². The zero-order valence-corrected chi connectivity index (χ0v) is 45.2. The minimum atomic E-state index is -4.34. The van der Waals surface area contributed by atoms with Crippen LogP contribution in [0.2, 0.25) is 0 Å². The van der Waals surface area contributed by atoms with Crippen LogP contribution in [0.3, 0.4) is 0 Å². The summed E-state index contributed by atoms with van der Waals surface area (Å²) in [6.45, 7) is 6.55. The zero-order chi connectivity index (χ0) is 56.0. The quantitative estimate of drug-likeness (QED) is 0.0435. The number of hydrazine groups is 1. The second-order valence-electron chi connectivity index (χ2n) is 16.8. The number of anilines is 1. The lowest BCUT2D eigenvalue weighted by Gasteiger charge is -2.22. The van der Waals surface area contributed by atoms with Gasteiger partial charge in [-0.15, -0.1) is 14.6 Å². The molecule has 3 heterocycles. The Balaban J connectivity index is 0.000000250. The summed E-state index contributed by atoms with van der Waals surface area (Å²) in [6.07, 6.45) is 4.32. The molecular weight excluding hydrogens is 1040 g/mol. The predicted octanol–water partition coefficient (Wildman–Crippen LogP) is 6.63. The number of hydrogen-bond acceptors (Lipinski definition) is 17. The first kappa shape index (κ1) is 58.1. The fourth-order valence-corrected chi connectivity index (χ4v) is 9.95. The second kappa shape index (κ2) is 26.0. The lowest BCUT2D eigenvalue weighted by atomic mass is 10.2. The average molecular weight is 1100 g/mol. The lowest BCUT2D eigenvalue weighted by molar-refractivity contribution is 0.0940. The van der Waals surface area contributed by atoms with Crippen molar-refractivity contribution in [2.24, 2.45) is 4.40 Å². The number of carbonyl (C=O) groups excluding carboxylic acids is 1. The first-order valence-corrected chi connectivity index (χ1v) is 26.4. The molecule has 4 atom stereocenters. The molecule has 0 bridgehead atoms. The van der Waals surface area contributed by atoms with Gasteiger partial charge in [-0.3, -0.25) is 20.2 Å². The molecule has 0 saturated carbocycles. The lowest BCUT2D eigenvalue weighted by Crippen LogP contribution is -2.46. The van der Waals surface area contributed by atoms with Crippen molar-refractivity contribution in [3.63, 3.8) is 0 Å². The standard InChI is InChI=1S/C26H28FN5O5S.C25H29FN6O6S/c1-16-13-28-25(29-14-16)24(37-5)17(2)38(33,34)15-22-30-31-26(18-8-6-9-19(27)12-18)32(22)23-20(35-3)10-7-11-21(23)36-4;1-15-13-27-23(28-14-15)22(38-5)16(2)39(34,35)32-25(29-21-19(36-3)10-7-11-20(21)37-4)31-30-24(33)17-8-6-9-18(26)12-17/h6-14,17,24H,15H2,1-5H3;6-14,16,22H,1-5H3,(H,30,33)(H2,29,31,32)/t17-,24-;16-,22-/m00/s1. The predicted molar refractivity (Wildman–Crippen MR) is 281 cm³/mol. The van der Waals surface area contributed by atoms with Crippen molar-refractivity contribution in [3.05, 3.63) is 156 Å². The van der Waals surface area contributed by atoms with Crippen LogP contribution in [0, 0.1) is 25.5 Å². The number of amides is 1. The van der Waals surface area contributed by atoms with Gasteiger partial charge in [-0.2, -0.15) is 0 Å². The third-order valence-electron chi connectivity index (χ3n) is 11.5. The van der Waals surface area contributed by atoms with Crippen LogP contribution in [-0.4, -0.2) is 117 Å². The molecule has 4 aromatic carbocycles. The van der Waals surface area contributed by atoms with E-state index in [1.165, 1.54) is 97.5 Å². The third-order valence-corrected chi connectivity index (χ3v) is 15.2. The molecule has 3 aromatic heterocycles. The van der Waals surface area contributed by atoms with Gasteiger partial charge in [0.2, 0.25) is 5.96 Å². The van der Waals surface area contributed by atoms with E-state index in [1.54, 1.807) is 74.2 Å². The number of carbonyl (C=O) groups is 1. The van der Waals surface area contributed by atoms with E-state index in [0.29, 0.717) is 34.2 Å². The molecule has 0 saturated heterocycles. The van der Waals surface area contributed by atoms with Crippen molar-refractivity contribution in [1.29, 1.82) is 0 Å². The van der Waals surface area contributed by atoms with Crippen molar-refractivity contribution in [2.75, 3.05) is 48.0 Å². The number of ether oxygens (including phenoxy) is 6. The molecule has 1 amide bonds. The van der Waals surface area contributed by atoms with E-state index in [9.17, 15) is 30.4 Å². The number of methoxy groups -OCH3 is 6. The van der Waals surface area contributed by atoms with Gasteiger partial charge in [0.1, 0.15) is 69.2 Å². The summed E-state index contributed by atoms with van der Waals surface area (Å²) in [7, 11) is 0.276. The molecule has 7 aromatic rings. The van der Waals surface area contributed by atoms with Crippen LogP contribution in [0.25, 0.3) is 17.1 Å². The maximum atomic E-state index is 14.1. The number of aromatic nitrogens is 7. The molecule has 0 unspecified atom stereocenters. The summed E-state index contributed by atoms with van der Waals surface area (Å²) in [5, 5.41) is 8.98. The van der Waals surface area contributed by atoms with Gasteiger partial charge in [0.05, 0.1) is 33.7 Å². The van der Waals surface area contributed by atoms with Crippen LogP contribution >= 0.6 is 0 Å². The van der Waals surface area contributed by atoms with Gasteiger partial charge in [0.15, 0.2) is 33.1 Å². The molecule has 0 fully saturated rings. The Morgan fingerprint density at radius 2 is 1.12 bits per heavy atom. The Labute approximate surface area is 444 Å². The molecule has 7 rings (SSSR count). The van der Waals surface area contributed by atoms with E-state index >= 15 is 0 Å². The SMILES string of the molecule is COc1cccc(OC)c1-n1c(CS(=O)(=O)[C@@H](C)[C@H](OC)c2ncc(C)cn2)nnc1-c1cccc(F)c1.COc1cccc(OC)c1NC(=NS(=O)(=O)[C@@H](C)[C@H](OC)c1ncc(C)cn1)NNC(=O)c1cccc(F)c1.